The number of nitrogens with zero attached hydrogens (tertiary/aromatic N) is 2. The number of benzene rings is 1. The number of rotatable bonds is 2. The van der Waals surface area contributed by atoms with Crippen LogP contribution < -0.4 is 10.9 Å². The predicted molar refractivity (Wildman–Crippen MR) is 55.5 cm³/mol. The molecule has 0 radical (unpaired) electrons. The van der Waals surface area contributed by atoms with Gasteiger partial charge in [0.05, 0.1) is 10.6 Å². The van der Waals surface area contributed by atoms with Crippen LogP contribution in [0.4, 0.5) is 16.2 Å². The van der Waals surface area contributed by atoms with E-state index >= 15 is 0 Å². The molecule has 0 saturated carbocycles. The summed E-state index contributed by atoms with van der Waals surface area (Å²) in [4.78, 5) is 20.3. The fraction of sp³-hybridized carbons (Fsp3) is 0. The summed E-state index contributed by atoms with van der Waals surface area (Å²) in [6, 6.07) is 3.68. The van der Waals surface area contributed by atoms with Gasteiger partial charge in [-0.05, 0) is 6.07 Å². The van der Waals surface area contributed by atoms with Crippen molar-refractivity contribution in [2.45, 2.75) is 0 Å². The van der Waals surface area contributed by atoms with Gasteiger partial charge in [0.15, 0.2) is 0 Å². The van der Waals surface area contributed by atoms with Crippen molar-refractivity contribution in [3.05, 3.63) is 32.8 Å². The number of anilines is 1. The first kappa shape index (κ1) is 11.4. The van der Waals surface area contributed by atoms with Gasteiger partial charge >= 0.3 is 6.09 Å². The lowest BCUT2D eigenvalue weighted by Crippen LogP contribution is -2.36. The number of carboxylic acid groups (broad SMARTS) is 1. The number of nitro groups is 1. The van der Waals surface area contributed by atoms with E-state index in [0.29, 0.717) is 9.48 Å². The smallest absolute Gasteiger partial charge is 0.426 e. The first-order valence-electron chi connectivity index (χ1n) is 3.64. The molecule has 8 heteroatoms. The van der Waals surface area contributed by atoms with E-state index in [2.05, 4.69) is 15.9 Å². The molecule has 1 aromatic carbocycles. The lowest BCUT2D eigenvalue weighted by Gasteiger charge is -2.12. The molecule has 0 bridgehead atoms. The molecule has 0 aliphatic carbocycles. The Labute approximate surface area is 92.3 Å². The minimum Gasteiger partial charge on any atom is -0.464 e. The topological polar surface area (TPSA) is 110 Å². The molecule has 0 aliphatic heterocycles. The van der Waals surface area contributed by atoms with Gasteiger partial charge in [-0.3, -0.25) is 10.1 Å². The van der Waals surface area contributed by atoms with Crippen molar-refractivity contribution in [3.8, 4) is 0 Å². The van der Waals surface area contributed by atoms with E-state index in [1.807, 2.05) is 0 Å². The van der Waals surface area contributed by atoms with Gasteiger partial charge in [-0.1, -0.05) is 15.9 Å². The molecule has 80 valence electrons. The monoisotopic (exact) mass is 275 g/mol. The molecule has 0 heterocycles. The first-order chi connectivity index (χ1) is 6.91. The highest BCUT2D eigenvalue weighted by atomic mass is 79.9. The lowest BCUT2D eigenvalue weighted by molar-refractivity contribution is -0.384. The van der Waals surface area contributed by atoms with E-state index in [0.717, 1.165) is 6.07 Å². The number of hydrazine groups is 1. The summed E-state index contributed by atoms with van der Waals surface area (Å²) in [5, 5.41) is 19.4. The molecule has 3 N–H and O–H groups in total. The number of halogens is 1. The fourth-order valence-electron chi connectivity index (χ4n) is 0.914. The molecule has 7 nitrogen and oxygen atoms in total. The summed E-state index contributed by atoms with van der Waals surface area (Å²) < 4.78 is 0.378. The third-order valence-corrected chi connectivity index (χ3v) is 2.02. The van der Waals surface area contributed by atoms with Crippen LogP contribution in [0, 0.1) is 10.1 Å². The second-order valence-corrected chi connectivity index (χ2v) is 3.49. The highest BCUT2D eigenvalue weighted by Crippen LogP contribution is 2.25. The number of hydrogen-bond acceptors (Lipinski definition) is 4. The van der Waals surface area contributed by atoms with Gasteiger partial charge < -0.3 is 5.11 Å². The first-order valence-corrected chi connectivity index (χ1v) is 4.44. The molecule has 1 aromatic rings. The Kier molecular flexibility index (Phi) is 3.22. The van der Waals surface area contributed by atoms with E-state index in [-0.39, 0.29) is 11.4 Å². The van der Waals surface area contributed by atoms with E-state index in [4.69, 9.17) is 10.9 Å². The number of amides is 1. The summed E-state index contributed by atoms with van der Waals surface area (Å²) in [7, 11) is 0. The zero-order valence-electron chi connectivity index (χ0n) is 7.25. The lowest BCUT2D eigenvalue weighted by atomic mass is 10.3. The van der Waals surface area contributed by atoms with Crippen molar-refractivity contribution in [1.82, 2.24) is 0 Å². The van der Waals surface area contributed by atoms with Crippen LogP contribution in [-0.4, -0.2) is 16.1 Å². The maximum absolute atomic E-state index is 10.5. The molecule has 0 unspecified atom stereocenters. The average molecular weight is 276 g/mol. The zero-order chi connectivity index (χ0) is 11.6. The minimum absolute atomic E-state index is 0.0172. The van der Waals surface area contributed by atoms with E-state index in [1.165, 1.54) is 12.1 Å². The molecule has 0 spiro atoms. The van der Waals surface area contributed by atoms with Gasteiger partial charge in [-0.15, -0.1) is 0 Å². The van der Waals surface area contributed by atoms with Crippen LogP contribution in [0.5, 0.6) is 0 Å². The molecular formula is C7H6BrN3O4. The van der Waals surface area contributed by atoms with Crippen molar-refractivity contribution in [2.75, 3.05) is 5.01 Å². The third-order valence-electron chi connectivity index (χ3n) is 1.56. The van der Waals surface area contributed by atoms with E-state index < -0.39 is 11.0 Å². The fourth-order valence-corrected chi connectivity index (χ4v) is 1.38. The summed E-state index contributed by atoms with van der Waals surface area (Å²) >= 11 is 3.02. The Hall–Kier alpha value is -1.67. The van der Waals surface area contributed by atoms with Gasteiger partial charge in [-0.2, -0.15) is 0 Å². The van der Waals surface area contributed by atoms with Gasteiger partial charge in [0.1, 0.15) is 0 Å². The Morgan fingerprint density at radius 3 is 2.60 bits per heavy atom. The number of non-ortho nitro benzene ring substituents is 1. The molecule has 1 amide bonds. The second kappa shape index (κ2) is 4.24. The highest BCUT2D eigenvalue weighted by Gasteiger charge is 2.15. The quantitative estimate of drug-likeness (QED) is 0.370. The summed E-state index contributed by atoms with van der Waals surface area (Å²) in [6.45, 7) is 0. The summed E-state index contributed by atoms with van der Waals surface area (Å²) in [5.74, 6) is 5.17. The number of carbonyl (C=O) groups is 1. The Morgan fingerprint density at radius 2 is 2.13 bits per heavy atom. The maximum Gasteiger partial charge on any atom is 0.426 e. The molecular weight excluding hydrogens is 270 g/mol. The van der Waals surface area contributed by atoms with Gasteiger partial charge in [-0.25, -0.2) is 15.6 Å². The number of hydrogen-bond donors (Lipinski definition) is 2. The number of nitro benzene ring substituents is 1. The van der Waals surface area contributed by atoms with Crippen molar-refractivity contribution >= 4 is 33.4 Å². The third kappa shape index (κ3) is 2.64. The zero-order valence-corrected chi connectivity index (χ0v) is 8.84. The van der Waals surface area contributed by atoms with E-state index in [9.17, 15) is 14.9 Å². The molecule has 0 aromatic heterocycles. The molecule has 1 rings (SSSR count). The van der Waals surface area contributed by atoms with Crippen LogP contribution in [0.2, 0.25) is 0 Å². The Balaban J connectivity index is 3.20. The SMILES string of the molecule is NN(C(=O)O)c1cc(Br)cc([N+](=O)[O-])c1. The maximum atomic E-state index is 10.5. The molecule has 0 atom stereocenters. The normalized spacial score (nSPS) is 9.73. The van der Waals surface area contributed by atoms with Crippen LogP contribution in [0.25, 0.3) is 0 Å². The van der Waals surface area contributed by atoms with Crippen molar-refractivity contribution in [3.63, 3.8) is 0 Å². The van der Waals surface area contributed by atoms with Crippen LogP contribution in [0.15, 0.2) is 22.7 Å². The molecule has 15 heavy (non-hydrogen) atoms. The summed E-state index contributed by atoms with van der Waals surface area (Å²) in [6.07, 6.45) is -1.40. The minimum atomic E-state index is -1.40. The van der Waals surface area contributed by atoms with E-state index in [1.54, 1.807) is 0 Å². The number of nitrogens with two attached hydrogens (primary N) is 1. The second-order valence-electron chi connectivity index (χ2n) is 2.58. The van der Waals surface area contributed by atoms with Crippen LogP contribution >= 0.6 is 15.9 Å². The van der Waals surface area contributed by atoms with Crippen LogP contribution in [0.3, 0.4) is 0 Å². The van der Waals surface area contributed by atoms with Gasteiger partial charge in [0, 0.05) is 16.6 Å². The predicted octanol–water partition coefficient (Wildman–Crippen LogP) is 1.72. The Bertz CT molecular complexity index is 423. The largest absolute Gasteiger partial charge is 0.464 e. The summed E-state index contributed by atoms with van der Waals surface area (Å²) in [5.41, 5.74) is -0.223. The molecule has 0 aliphatic rings. The average Bonchev–Trinajstić information content (AvgIpc) is 2.15. The van der Waals surface area contributed by atoms with Crippen LogP contribution in [-0.2, 0) is 0 Å². The van der Waals surface area contributed by atoms with Crippen molar-refractivity contribution in [1.29, 1.82) is 0 Å². The van der Waals surface area contributed by atoms with Crippen molar-refractivity contribution < 1.29 is 14.8 Å². The molecule has 0 saturated heterocycles. The van der Waals surface area contributed by atoms with Crippen LogP contribution in [0.1, 0.15) is 0 Å². The molecule has 0 fully saturated rings. The Morgan fingerprint density at radius 1 is 1.53 bits per heavy atom. The standard InChI is InChI=1S/C7H6BrN3O4/c8-4-1-5(10(9)7(12)13)3-6(2-4)11(14)15/h1-3H,9H2,(H,12,13). The van der Waals surface area contributed by atoms with Crippen molar-refractivity contribution in [2.24, 2.45) is 5.84 Å². The highest BCUT2D eigenvalue weighted by molar-refractivity contribution is 9.10. The van der Waals surface area contributed by atoms with Gasteiger partial charge in [0.2, 0.25) is 0 Å². The van der Waals surface area contributed by atoms with Gasteiger partial charge in [0.25, 0.3) is 5.69 Å².